The molecule has 0 aliphatic heterocycles. The zero-order valence-corrected chi connectivity index (χ0v) is 15.8. The minimum absolute atomic E-state index is 1.02. The van der Waals surface area contributed by atoms with Crippen LogP contribution >= 0.6 is 0 Å². The summed E-state index contributed by atoms with van der Waals surface area (Å²) in [6, 6.07) is 16.7. The summed E-state index contributed by atoms with van der Waals surface area (Å²) in [5.41, 5.74) is 5.78. The summed E-state index contributed by atoms with van der Waals surface area (Å²) in [5, 5.41) is 3.53. The third-order valence-electron chi connectivity index (χ3n) is 3.32. The molecule has 126 valence electrons. The molecule has 2 rings (SSSR count). The summed E-state index contributed by atoms with van der Waals surface area (Å²) in [6.07, 6.45) is 1.02. The van der Waals surface area contributed by atoms with E-state index < -0.39 is 0 Å². The van der Waals surface area contributed by atoms with Crippen LogP contribution in [0.5, 0.6) is 0 Å². The second kappa shape index (κ2) is 12.5. The normalized spacial score (nSPS) is 9.96. The van der Waals surface area contributed by atoms with Crippen LogP contribution in [0.15, 0.2) is 53.5 Å². The molecule has 23 heavy (non-hydrogen) atoms. The monoisotopic (exact) mass is 312 g/mol. The Morgan fingerprint density at radius 1 is 0.870 bits per heavy atom. The summed E-state index contributed by atoms with van der Waals surface area (Å²) in [4.78, 5) is 4.28. The van der Waals surface area contributed by atoms with Gasteiger partial charge in [-0.1, -0.05) is 71.0 Å². The van der Waals surface area contributed by atoms with Gasteiger partial charge in [0.25, 0.3) is 0 Å². The van der Waals surface area contributed by atoms with Gasteiger partial charge in [-0.2, -0.15) is 0 Å². The molecule has 0 amide bonds. The fourth-order valence-corrected chi connectivity index (χ4v) is 2.12. The Hall–Kier alpha value is -2.09. The molecule has 2 heteroatoms. The quantitative estimate of drug-likeness (QED) is 0.642. The van der Waals surface area contributed by atoms with Crippen LogP contribution in [0, 0.1) is 0 Å². The van der Waals surface area contributed by atoms with E-state index >= 15 is 0 Å². The van der Waals surface area contributed by atoms with E-state index in [0.717, 1.165) is 23.4 Å². The Bertz CT molecular complexity index is 586. The second-order valence-corrected chi connectivity index (χ2v) is 4.49. The van der Waals surface area contributed by atoms with E-state index in [1.54, 1.807) is 0 Å². The average Bonchev–Trinajstić information content (AvgIpc) is 2.65. The molecule has 1 N–H and O–H groups in total. The lowest BCUT2D eigenvalue weighted by Crippen LogP contribution is -2.02. The lowest BCUT2D eigenvalue weighted by Gasteiger charge is -2.14. The largest absolute Gasteiger partial charge is 0.355 e. The molecule has 0 radical (unpaired) electrons. The predicted octanol–water partition coefficient (Wildman–Crippen LogP) is 6.48. The maximum Gasteiger partial charge on any atom is 0.0476 e. The van der Waals surface area contributed by atoms with Gasteiger partial charge in [0, 0.05) is 29.7 Å². The Morgan fingerprint density at radius 2 is 1.39 bits per heavy atom. The average molecular weight is 313 g/mol. The van der Waals surface area contributed by atoms with E-state index in [4.69, 9.17) is 0 Å². The smallest absolute Gasteiger partial charge is 0.0476 e. The lowest BCUT2D eigenvalue weighted by molar-refractivity contribution is 1.14. The molecular formula is C21H32N2. The highest BCUT2D eigenvalue weighted by atomic mass is 14.9. The molecule has 0 heterocycles. The van der Waals surface area contributed by atoms with Crippen molar-refractivity contribution in [2.75, 3.05) is 12.4 Å². The number of para-hydroxylation sites is 2. The van der Waals surface area contributed by atoms with Gasteiger partial charge in [-0.25, -0.2) is 0 Å². The maximum atomic E-state index is 4.28. The number of anilines is 2. The van der Waals surface area contributed by atoms with E-state index in [1.807, 2.05) is 53.8 Å². The molecule has 0 spiro atoms. The SMILES string of the molecule is CC.CC.CCc1ccccc1Nc1ccccc1C(C)=NC. The third-order valence-corrected chi connectivity index (χ3v) is 3.32. The maximum absolute atomic E-state index is 4.28. The van der Waals surface area contributed by atoms with Gasteiger partial charge in [0.15, 0.2) is 0 Å². The predicted molar refractivity (Wildman–Crippen MR) is 106 cm³/mol. The highest BCUT2D eigenvalue weighted by Gasteiger charge is 2.06. The first-order valence-electron chi connectivity index (χ1n) is 8.64. The van der Waals surface area contributed by atoms with Crippen molar-refractivity contribution in [3.05, 3.63) is 59.7 Å². The Morgan fingerprint density at radius 3 is 1.96 bits per heavy atom. The van der Waals surface area contributed by atoms with Gasteiger partial charge < -0.3 is 5.32 Å². The fraction of sp³-hybridized carbons (Fsp3) is 0.381. The molecule has 2 nitrogen and oxygen atoms in total. The zero-order chi connectivity index (χ0) is 17.7. The van der Waals surface area contributed by atoms with Gasteiger partial charge in [-0.15, -0.1) is 0 Å². The molecule has 0 aromatic heterocycles. The highest BCUT2D eigenvalue weighted by Crippen LogP contribution is 2.24. The molecule has 2 aromatic carbocycles. The van der Waals surface area contributed by atoms with Gasteiger partial charge in [0.1, 0.15) is 0 Å². The van der Waals surface area contributed by atoms with E-state index in [1.165, 1.54) is 11.3 Å². The summed E-state index contributed by atoms with van der Waals surface area (Å²) in [6.45, 7) is 12.2. The zero-order valence-electron chi connectivity index (χ0n) is 15.8. The molecule has 0 fully saturated rings. The Kier molecular flexibility index (Phi) is 11.3. The van der Waals surface area contributed by atoms with Crippen molar-refractivity contribution >= 4 is 17.1 Å². The molecule has 0 saturated carbocycles. The summed E-state index contributed by atoms with van der Waals surface area (Å²) < 4.78 is 0. The minimum Gasteiger partial charge on any atom is -0.355 e. The van der Waals surface area contributed by atoms with Crippen LogP contribution < -0.4 is 5.32 Å². The summed E-state index contributed by atoms with van der Waals surface area (Å²) in [5.74, 6) is 0. The number of aryl methyl sites for hydroxylation is 1. The first-order chi connectivity index (χ1) is 11.3. The summed E-state index contributed by atoms with van der Waals surface area (Å²) in [7, 11) is 1.83. The Labute approximate surface area is 142 Å². The number of rotatable bonds is 4. The van der Waals surface area contributed by atoms with Crippen LogP contribution in [0.4, 0.5) is 11.4 Å². The van der Waals surface area contributed by atoms with E-state index in [-0.39, 0.29) is 0 Å². The van der Waals surface area contributed by atoms with Crippen LogP contribution in [-0.2, 0) is 6.42 Å². The number of benzene rings is 2. The minimum atomic E-state index is 1.02. The van der Waals surface area contributed by atoms with Gasteiger partial charge in [0.05, 0.1) is 0 Å². The molecular weight excluding hydrogens is 280 g/mol. The third kappa shape index (κ3) is 6.27. The molecule has 2 aromatic rings. The van der Waals surface area contributed by atoms with E-state index in [0.29, 0.717) is 0 Å². The summed E-state index contributed by atoms with van der Waals surface area (Å²) >= 11 is 0. The molecule has 0 aliphatic rings. The Balaban J connectivity index is 0.00000112. The van der Waals surface area contributed by atoms with E-state index in [9.17, 15) is 0 Å². The fourth-order valence-electron chi connectivity index (χ4n) is 2.12. The standard InChI is InChI=1S/C17H20N2.2C2H6/c1-4-14-9-5-7-11-16(14)19-17-12-8-6-10-15(17)13(2)18-3;2*1-2/h5-12,19H,4H2,1-3H3;2*1-2H3. The van der Waals surface area contributed by atoms with Crippen molar-refractivity contribution in [1.29, 1.82) is 0 Å². The van der Waals surface area contributed by atoms with Gasteiger partial charge >= 0.3 is 0 Å². The van der Waals surface area contributed by atoms with Gasteiger partial charge in [-0.05, 0) is 31.0 Å². The number of aliphatic imine (C=N–C) groups is 1. The molecule has 0 atom stereocenters. The lowest BCUT2D eigenvalue weighted by atomic mass is 10.1. The first-order valence-corrected chi connectivity index (χ1v) is 8.64. The van der Waals surface area contributed by atoms with Crippen molar-refractivity contribution < 1.29 is 0 Å². The van der Waals surface area contributed by atoms with Crippen molar-refractivity contribution in [2.45, 2.75) is 48.0 Å². The molecule has 0 unspecified atom stereocenters. The molecule has 0 saturated heterocycles. The molecule has 0 bridgehead atoms. The van der Waals surface area contributed by atoms with Crippen LogP contribution in [-0.4, -0.2) is 12.8 Å². The topological polar surface area (TPSA) is 24.4 Å². The molecule has 0 aliphatic carbocycles. The van der Waals surface area contributed by atoms with Crippen molar-refractivity contribution in [1.82, 2.24) is 0 Å². The van der Waals surface area contributed by atoms with Crippen LogP contribution in [0.1, 0.15) is 52.7 Å². The number of nitrogens with zero attached hydrogens (tertiary/aromatic N) is 1. The van der Waals surface area contributed by atoms with Crippen LogP contribution in [0.25, 0.3) is 0 Å². The highest BCUT2D eigenvalue weighted by molar-refractivity contribution is 6.04. The number of nitrogens with one attached hydrogen (secondary N) is 1. The van der Waals surface area contributed by atoms with Crippen molar-refractivity contribution in [2.24, 2.45) is 4.99 Å². The number of hydrogen-bond acceptors (Lipinski definition) is 2. The van der Waals surface area contributed by atoms with Gasteiger partial charge in [-0.3, -0.25) is 4.99 Å². The van der Waals surface area contributed by atoms with Crippen LogP contribution in [0.2, 0.25) is 0 Å². The van der Waals surface area contributed by atoms with Gasteiger partial charge in [0.2, 0.25) is 0 Å². The van der Waals surface area contributed by atoms with E-state index in [2.05, 4.69) is 53.6 Å². The first kappa shape index (κ1) is 20.9. The van der Waals surface area contributed by atoms with Crippen molar-refractivity contribution in [3.63, 3.8) is 0 Å². The van der Waals surface area contributed by atoms with Crippen LogP contribution in [0.3, 0.4) is 0 Å². The van der Waals surface area contributed by atoms with Crippen molar-refractivity contribution in [3.8, 4) is 0 Å². The number of hydrogen-bond donors (Lipinski definition) is 1. The second-order valence-electron chi connectivity index (χ2n) is 4.49.